The molecule has 2 aromatic carbocycles. The molecule has 0 fully saturated rings. The standard InChI is InChI=1S/C16H17ClFN/c1-11-7-15(18)10-16(8-11)19-12(2)9-13-3-5-14(17)6-4-13/h3-8,10,12,19H,9H2,1-2H3. The third kappa shape index (κ3) is 4.25. The highest BCUT2D eigenvalue weighted by molar-refractivity contribution is 6.30. The third-order valence-electron chi connectivity index (χ3n) is 2.91. The maximum Gasteiger partial charge on any atom is 0.125 e. The van der Waals surface area contributed by atoms with E-state index >= 15 is 0 Å². The number of anilines is 1. The molecule has 19 heavy (non-hydrogen) atoms. The summed E-state index contributed by atoms with van der Waals surface area (Å²) in [4.78, 5) is 0. The van der Waals surface area contributed by atoms with Crippen LogP contribution in [0.2, 0.25) is 5.02 Å². The number of hydrogen-bond donors (Lipinski definition) is 1. The highest BCUT2D eigenvalue weighted by atomic mass is 35.5. The van der Waals surface area contributed by atoms with Crippen molar-refractivity contribution in [1.82, 2.24) is 0 Å². The highest BCUT2D eigenvalue weighted by Crippen LogP contribution is 2.16. The molecule has 0 bridgehead atoms. The second kappa shape index (κ2) is 6.07. The van der Waals surface area contributed by atoms with Gasteiger partial charge in [-0.15, -0.1) is 0 Å². The molecular weight excluding hydrogens is 261 g/mol. The largest absolute Gasteiger partial charge is 0.382 e. The fourth-order valence-corrected chi connectivity index (χ4v) is 2.26. The molecule has 2 aromatic rings. The predicted molar refractivity (Wildman–Crippen MR) is 79.4 cm³/mol. The highest BCUT2D eigenvalue weighted by Gasteiger charge is 2.05. The van der Waals surface area contributed by atoms with Crippen molar-refractivity contribution in [2.24, 2.45) is 0 Å². The number of nitrogens with one attached hydrogen (secondary N) is 1. The Morgan fingerprint density at radius 3 is 2.47 bits per heavy atom. The maximum absolute atomic E-state index is 13.3. The number of aryl methyl sites for hydroxylation is 1. The Labute approximate surface area is 118 Å². The van der Waals surface area contributed by atoms with Crippen molar-refractivity contribution in [2.45, 2.75) is 26.3 Å². The molecule has 0 spiro atoms. The quantitative estimate of drug-likeness (QED) is 0.844. The van der Waals surface area contributed by atoms with Crippen LogP contribution in [0.15, 0.2) is 42.5 Å². The van der Waals surface area contributed by atoms with Gasteiger partial charge in [-0.1, -0.05) is 23.7 Å². The maximum atomic E-state index is 13.3. The molecule has 0 amide bonds. The molecule has 1 atom stereocenters. The molecular formula is C16H17ClFN. The fourth-order valence-electron chi connectivity index (χ4n) is 2.13. The van der Waals surface area contributed by atoms with Gasteiger partial charge in [0.15, 0.2) is 0 Å². The molecule has 2 rings (SSSR count). The van der Waals surface area contributed by atoms with Crippen LogP contribution in [-0.2, 0) is 6.42 Å². The van der Waals surface area contributed by atoms with Crippen molar-refractivity contribution in [2.75, 3.05) is 5.32 Å². The average molecular weight is 278 g/mol. The molecule has 0 heterocycles. The van der Waals surface area contributed by atoms with Crippen LogP contribution in [0.3, 0.4) is 0 Å². The lowest BCUT2D eigenvalue weighted by Gasteiger charge is -2.16. The van der Waals surface area contributed by atoms with Crippen molar-refractivity contribution in [1.29, 1.82) is 0 Å². The Kier molecular flexibility index (Phi) is 4.43. The second-order valence-electron chi connectivity index (χ2n) is 4.89. The van der Waals surface area contributed by atoms with Crippen LogP contribution in [-0.4, -0.2) is 6.04 Å². The number of halogens is 2. The van der Waals surface area contributed by atoms with E-state index in [9.17, 15) is 4.39 Å². The molecule has 0 aliphatic heterocycles. The molecule has 0 aliphatic rings. The van der Waals surface area contributed by atoms with E-state index in [1.807, 2.05) is 37.3 Å². The summed E-state index contributed by atoms with van der Waals surface area (Å²) in [7, 11) is 0. The minimum atomic E-state index is -0.207. The summed E-state index contributed by atoms with van der Waals surface area (Å²) in [6.07, 6.45) is 0.868. The first-order valence-corrected chi connectivity index (χ1v) is 6.69. The summed E-state index contributed by atoms with van der Waals surface area (Å²) in [5, 5.41) is 4.05. The van der Waals surface area contributed by atoms with E-state index in [0.29, 0.717) is 0 Å². The number of rotatable bonds is 4. The molecule has 1 unspecified atom stereocenters. The minimum absolute atomic E-state index is 0.207. The second-order valence-corrected chi connectivity index (χ2v) is 5.33. The lowest BCUT2D eigenvalue weighted by Crippen LogP contribution is -2.18. The lowest BCUT2D eigenvalue weighted by molar-refractivity contribution is 0.626. The molecule has 1 nitrogen and oxygen atoms in total. The average Bonchev–Trinajstić information content (AvgIpc) is 2.30. The van der Waals surface area contributed by atoms with E-state index in [0.717, 1.165) is 22.7 Å². The van der Waals surface area contributed by atoms with Gasteiger partial charge in [0.05, 0.1) is 0 Å². The van der Waals surface area contributed by atoms with Crippen molar-refractivity contribution in [3.8, 4) is 0 Å². The summed E-state index contributed by atoms with van der Waals surface area (Å²) < 4.78 is 13.3. The van der Waals surface area contributed by atoms with Gasteiger partial charge in [-0.2, -0.15) is 0 Å². The monoisotopic (exact) mass is 277 g/mol. The molecule has 3 heteroatoms. The van der Waals surface area contributed by atoms with Crippen LogP contribution < -0.4 is 5.32 Å². The molecule has 0 saturated carbocycles. The summed E-state index contributed by atoms with van der Waals surface area (Å²) in [6.45, 7) is 3.97. The van der Waals surface area contributed by atoms with E-state index in [4.69, 9.17) is 11.6 Å². The smallest absolute Gasteiger partial charge is 0.125 e. The summed E-state index contributed by atoms with van der Waals surface area (Å²) >= 11 is 5.86. The molecule has 0 radical (unpaired) electrons. The van der Waals surface area contributed by atoms with Crippen molar-refractivity contribution >= 4 is 17.3 Å². The molecule has 0 saturated heterocycles. The summed E-state index contributed by atoms with van der Waals surface area (Å²) in [5.74, 6) is -0.207. The van der Waals surface area contributed by atoms with Crippen LogP contribution >= 0.6 is 11.6 Å². The number of benzene rings is 2. The molecule has 100 valence electrons. The van der Waals surface area contributed by atoms with Crippen LogP contribution in [0.4, 0.5) is 10.1 Å². The van der Waals surface area contributed by atoms with Crippen molar-refractivity contribution in [3.05, 3.63) is 64.4 Å². The van der Waals surface area contributed by atoms with E-state index < -0.39 is 0 Å². The van der Waals surface area contributed by atoms with Gasteiger partial charge in [0, 0.05) is 16.8 Å². The van der Waals surface area contributed by atoms with Gasteiger partial charge in [-0.3, -0.25) is 0 Å². The zero-order valence-corrected chi connectivity index (χ0v) is 11.8. The molecule has 0 aliphatic carbocycles. The zero-order valence-electron chi connectivity index (χ0n) is 11.1. The Morgan fingerprint density at radius 2 is 1.84 bits per heavy atom. The van der Waals surface area contributed by atoms with Gasteiger partial charge < -0.3 is 5.32 Å². The van der Waals surface area contributed by atoms with E-state index in [2.05, 4.69) is 12.2 Å². The van der Waals surface area contributed by atoms with Crippen LogP contribution in [0, 0.1) is 12.7 Å². The number of hydrogen-bond acceptors (Lipinski definition) is 1. The summed E-state index contributed by atoms with van der Waals surface area (Å²) in [6, 6.07) is 13.0. The van der Waals surface area contributed by atoms with E-state index in [-0.39, 0.29) is 11.9 Å². The van der Waals surface area contributed by atoms with Gasteiger partial charge in [0.2, 0.25) is 0 Å². The first-order valence-electron chi connectivity index (χ1n) is 6.31. The zero-order chi connectivity index (χ0) is 13.8. The first kappa shape index (κ1) is 13.9. The van der Waals surface area contributed by atoms with Crippen LogP contribution in [0.1, 0.15) is 18.1 Å². The SMILES string of the molecule is Cc1cc(F)cc(NC(C)Cc2ccc(Cl)cc2)c1. The van der Waals surface area contributed by atoms with Crippen LogP contribution in [0.5, 0.6) is 0 Å². The van der Waals surface area contributed by atoms with Gasteiger partial charge >= 0.3 is 0 Å². The fraction of sp³-hybridized carbons (Fsp3) is 0.250. The normalized spacial score (nSPS) is 12.2. The van der Waals surface area contributed by atoms with E-state index in [1.165, 1.54) is 17.7 Å². The summed E-state index contributed by atoms with van der Waals surface area (Å²) in [5.41, 5.74) is 2.94. The Balaban J connectivity index is 2.00. The lowest BCUT2D eigenvalue weighted by atomic mass is 10.1. The molecule has 1 N–H and O–H groups in total. The Morgan fingerprint density at radius 1 is 1.16 bits per heavy atom. The third-order valence-corrected chi connectivity index (χ3v) is 3.16. The Bertz CT molecular complexity index is 531. The minimum Gasteiger partial charge on any atom is -0.382 e. The van der Waals surface area contributed by atoms with Crippen molar-refractivity contribution < 1.29 is 4.39 Å². The van der Waals surface area contributed by atoms with Gasteiger partial charge in [-0.05, 0) is 61.7 Å². The van der Waals surface area contributed by atoms with Gasteiger partial charge in [0.1, 0.15) is 5.82 Å². The van der Waals surface area contributed by atoms with Crippen LogP contribution in [0.25, 0.3) is 0 Å². The van der Waals surface area contributed by atoms with Gasteiger partial charge in [-0.25, -0.2) is 4.39 Å². The van der Waals surface area contributed by atoms with E-state index in [1.54, 1.807) is 0 Å². The Hall–Kier alpha value is -1.54. The van der Waals surface area contributed by atoms with Crippen molar-refractivity contribution in [3.63, 3.8) is 0 Å². The predicted octanol–water partition coefficient (Wildman–Crippen LogP) is 4.83. The molecule has 0 aromatic heterocycles. The first-order chi connectivity index (χ1) is 9.02. The topological polar surface area (TPSA) is 12.0 Å². The van der Waals surface area contributed by atoms with Gasteiger partial charge in [0.25, 0.3) is 0 Å².